The third kappa shape index (κ3) is 20.1. The van der Waals surface area contributed by atoms with Crippen LogP contribution in [0, 0.1) is 16.0 Å². The number of halogens is 2. The van der Waals surface area contributed by atoms with Crippen molar-refractivity contribution in [2.24, 2.45) is 13.0 Å². The van der Waals surface area contributed by atoms with Gasteiger partial charge in [-0.2, -0.15) is 0 Å². The van der Waals surface area contributed by atoms with Crippen molar-refractivity contribution in [2.75, 3.05) is 54.0 Å². The minimum atomic E-state index is -4.28. The number of hydrogen-bond donors (Lipinski definition) is 5. The first-order valence-corrected chi connectivity index (χ1v) is 31.7. The molecule has 22 nitrogen and oxygen atoms in total. The number of rotatable bonds is 34. The molecule has 0 saturated carbocycles. The Morgan fingerprint density at radius 2 is 1.48 bits per heavy atom. The largest absolute Gasteiger partial charge is 0.481 e. The number of nitrogens with one attached hydrogen (secondary N) is 4. The molecule has 0 bridgehead atoms. The fraction of sp³-hybridized carbons (Fsp3) is 0.406. The highest BCUT2D eigenvalue weighted by Gasteiger charge is 2.33. The van der Waals surface area contributed by atoms with Crippen molar-refractivity contribution in [3.05, 3.63) is 170 Å². The molecule has 6 aromatic rings. The van der Waals surface area contributed by atoms with Gasteiger partial charge in [0.25, 0.3) is 5.69 Å². The van der Waals surface area contributed by atoms with Crippen molar-refractivity contribution in [1.82, 2.24) is 44.9 Å². The second-order valence-corrected chi connectivity index (χ2v) is 24.9. The van der Waals surface area contributed by atoms with E-state index in [0.717, 1.165) is 60.0 Å². The van der Waals surface area contributed by atoms with E-state index in [1.807, 2.05) is 37.5 Å². The minimum Gasteiger partial charge on any atom is -0.481 e. The highest BCUT2D eigenvalue weighted by atomic mass is 35.5. The van der Waals surface area contributed by atoms with Crippen molar-refractivity contribution in [2.45, 2.75) is 107 Å². The molecule has 1 aliphatic rings. The van der Waals surface area contributed by atoms with Crippen LogP contribution in [0.5, 0.6) is 11.5 Å². The molecule has 5 atom stereocenters. The molecule has 89 heavy (non-hydrogen) atoms. The van der Waals surface area contributed by atoms with Crippen LogP contribution in [0.4, 0.5) is 5.69 Å². The summed E-state index contributed by atoms with van der Waals surface area (Å²) in [5.41, 5.74) is 3.59. The number of amides is 4. The summed E-state index contributed by atoms with van der Waals surface area (Å²) in [6.07, 6.45) is 4.63. The third-order valence-electron chi connectivity index (χ3n) is 15.8. The number of likely N-dealkylation sites (N-methyl/N-ethyl adjacent to an activating group) is 2. The Morgan fingerprint density at radius 1 is 0.820 bits per heavy atom. The second-order valence-electron chi connectivity index (χ2n) is 22.2. The molecule has 0 aliphatic carbocycles. The Labute approximate surface area is 529 Å². The molecule has 7 rings (SSSR count). The lowest BCUT2D eigenvalue weighted by Crippen LogP contribution is -2.56. The smallest absolute Gasteiger partial charge is 0.304 e. The van der Waals surface area contributed by atoms with Gasteiger partial charge in [0.05, 0.1) is 48.3 Å². The molecule has 1 saturated heterocycles. The van der Waals surface area contributed by atoms with Crippen LogP contribution < -0.4 is 25.4 Å². The Hall–Kier alpha value is -7.77. The molecular weight excluding hydrogens is 1200 g/mol. The number of carboxylic acid groups (broad SMARTS) is 1. The van der Waals surface area contributed by atoms with Crippen LogP contribution in [0.2, 0.25) is 10.0 Å². The van der Waals surface area contributed by atoms with Crippen molar-refractivity contribution in [3.63, 3.8) is 0 Å². The second kappa shape index (κ2) is 33.2. The molecule has 0 spiro atoms. The van der Waals surface area contributed by atoms with Gasteiger partial charge in [0.15, 0.2) is 4.90 Å². The van der Waals surface area contributed by atoms with E-state index < -0.39 is 91.6 Å². The van der Waals surface area contributed by atoms with Gasteiger partial charge in [0, 0.05) is 93.6 Å². The highest BCUT2D eigenvalue weighted by molar-refractivity contribution is 7.89. The number of nitro benzene ring substituents is 1. The fourth-order valence-corrected chi connectivity index (χ4v) is 12.2. The number of imidazole rings is 1. The Kier molecular flexibility index (Phi) is 25.6. The summed E-state index contributed by atoms with van der Waals surface area (Å²) in [4.78, 5) is 89.5. The van der Waals surface area contributed by atoms with Gasteiger partial charge in [-0.1, -0.05) is 90.3 Å². The molecule has 25 heteroatoms. The topological polar surface area (TPSA) is 277 Å². The molecule has 5 unspecified atom stereocenters. The van der Waals surface area contributed by atoms with E-state index in [-0.39, 0.29) is 58.3 Å². The molecule has 1 fully saturated rings. The van der Waals surface area contributed by atoms with E-state index in [4.69, 9.17) is 37.7 Å². The van der Waals surface area contributed by atoms with Gasteiger partial charge in [-0.05, 0) is 124 Å². The average Bonchev–Trinajstić information content (AvgIpc) is 2.69. The Bertz CT molecular complexity index is 3480. The predicted molar refractivity (Wildman–Crippen MR) is 339 cm³/mol. The van der Waals surface area contributed by atoms with E-state index in [1.54, 1.807) is 79.7 Å². The van der Waals surface area contributed by atoms with E-state index in [2.05, 4.69) is 30.1 Å². The number of hydrogen-bond acceptors (Lipinski definition) is 14. The molecular formula is C64H78Cl2N10O12S. The van der Waals surface area contributed by atoms with Crippen LogP contribution in [0.15, 0.2) is 132 Å². The van der Waals surface area contributed by atoms with Gasteiger partial charge in [-0.3, -0.25) is 39.0 Å². The van der Waals surface area contributed by atoms with Gasteiger partial charge in [0.1, 0.15) is 23.4 Å². The average molecular weight is 1280 g/mol. The number of carbonyl (C=O) groups is 5. The first kappa shape index (κ1) is 68.7. The van der Waals surface area contributed by atoms with Gasteiger partial charge in [-0.15, -0.1) is 0 Å². The van der Waals surface area contributed by atoms with Crippen LogP contribution >= 0.6 is 23.2 Å². The van der Waals surface area contributed by atoms with E-state index in [1.165, 1.54) is 56.0 Å². The summed E-state index contributed by atoms with van der Waals surface area (Å²) in [6.45, 7) is 4.36. The number of likely N-dealkylation sites (tertiary alicyclic amines) is 1. The number of nitro groups is 1. The van der Waals surface area contributed by atoms with Crippen LogP contribution in [-0.4, -0.2) is 150 Å². The van der Waals surface area contributed by atoms with E-state index in [0.29, 0.717) is 33.5 Å². The van der Waals surface area contributed by atoms with Crippen LogP contribution in [0.3, 0.4) is 0 Å². The zero-order valence-electron chi connectivity index (χ0n) is 50.6. The van der Waals surface area contributed by atoms with Gasteiger partial charge < -0.3 is 44.9 Å². The standard InChI is InChI=1S/C64H78Cl2N10O12S/c1-43(67-38-47-22-27-50(66)36-57(47)88-53-28-23-46(24-29-53)56-40-68-59(74(56)4)41-75-31-13-14-32-75)62(80)71-54(42-87-5)64(82)73(3)52(34-45-20-25-49(65)26-21-45)37-60(77)69-39-51(72(2)63(81)48(35-61(78)79)33-44-15-7-6-8-16-44)17-11-12-30-70-89(85,86)58-19-10-9-18-55(58)76(83)84/h6-10,15-16,18-29,36,40,43,48,51-52,54,67,70H,11-14,17,30-35,37-39,41-42H2,1-5H3,(H,69,77)(H,71,80)(H,78,79). The molecule has 476 valence electrons. The summed E-state index contributed by atoms with van der Waals surface area (Å²) >= 11 is 12.7. The van der Waals surface area contributed by atoms with Crippen molar-refractivity contribution in [3.8, 4) is 22.8 Å². The summed E-state index contributed by atoms with van der Waals surface area (Å²) in [7, 11) is 2.19. The molecule has 1 aliphatic heterocycles. The number of nitrogens with zero attached hydrogens (tertiary/aromatic N) is 6. The maximum Gasteiger partial charge on any atom is 0.304 e. The van der Waals surface area contributed by atoms with E-state index in [9.17, 15) is 47.6 Å². The van der Waals surface area contributed by atoms with Crippen molar-refractivity contribution in [1.29, 1.82) is 0 Å². The third-order valence-corrected chi connectivity index (χ3v) is 17.8. The predicted octanol–water partition coefficient (Wildman–Crippen LogP) is 8.18. The monoisotopic (exact) mass is 1280 g/mol. The fourth-order valence-electron chi connectivity index (χ4n) is 10.7. The quantitative estimate of drug-likeness (QED) is 0.0145. The SMILES string of the molecule is COCC(NC(=O)C(C)NCc1ccc(Cl)cc1Oc1ccc(-c2cnc(CN3CCCC3)n2C)cc1)C(=O)N(C)C(CC(=O)NCC(CCCCNS(=O)(=O)c1ccccc1[N+](=O)[O-])N(C)C(=O)C(CC(=O)O)Cc1ccccc1)Cc1ccc(Cl)cc1. The summed E-state index contributed by atoms with van der Waals surface area (Å²) in [6, 6.07) is 30.2. The Morgan fingerprint density at radius 3 is 2.17 bits per heavy atom. The molecule has 1 aromatic heterocycles. The normalized spacial score (nSPS) is 14.2. The lowest BCUT2D eigenvalue weighted by Gasteiger charge is -2.33. The van der Waals surface area contributed by atoms with Crippen LogP contribution in [0.25, 0.3) is 11.3 Å². The first-order chi connectivity index (χ1) is 42.6. The maximum absolute atomic E-state index is 14.6. The summed E-state index contributed by atoms with van der Waals surface area (Å²) in [5, 5.41) is 31.4. The van der Waals surface area contributed by atoms with Crippen LogP contribution in [0.1, 0.15) is 74.4 Å². The van der Waals surface area contributed by atoms with E-state index >= 15 is 0 Å². The van der Waals surface area contributed by atoms with Crippen molar-refractivity contribution < 1.29 is 51.9 Å². The molecule has 5 aromatic carbocycles. The van der Waals surface area contributed by atoms with Gasteiger partial charge in [0.2, 0.25) is 33.7 Å². The maximum atomic E-state index is 14.6. The Balaban J connectivity index is 1.00. The molecule has 4 amide bonds. The first-order valence-electron chi connectivity index (χ1n) is 29.5. The van der Waals surface area contributed by atoms with Gasteiger partial charge >= 0.3 is 5.97 Å². The number of aliphatic carboxylic acids is 1. The number of carboxylic acids is 1. The number of unbranched alkanes of at least 4 members (excludes halogenated alkanes) is 1. The number of carbonyl (C=O) groups excluding carboxylic acids is 4. The summed E-state index contributed by atoms with van der Waals surface area (Å²) in [5.74, 6) is -2.15. The number of sulfonamides is 1. The van der Waals surface area contributed by atoms with Gasteiger partial charge in [-0.25, -0.2) is 18.1 Å². The molecule has 0 radical (unpaired) electrons. The number of methoxy groups -OCH3 is 1. The number of ether oxygens (including phenoxy) is 2. The lowest BCUT2D eigenvalue weighted by molar-refractivity contribution is -0.387. The van der Waals surface area contributed by atoms with Crippen molar-refractivity contribution >= 4 is 68.5 Å². The lowest BCUT2D eigenvalue weighted by atomic mass is 9.94. The zero-order chi connectivity index (χ0) is 64.2. The summed E-state index contributed by atoms with van der Waals surface area (Å²) < 4.78 is 42.7. The number of benzene rings is 5. The molecule has 2 heterocycles. The number of para-hydroxylation sites is 1. The highest BCUT2D eigenvalue weighted by Crippen LogP contribution is 2.32. The van der Waals surface area contributed by atoms with Crippen LogP contribution in [-0.2, 0) is 71.7 Å². The number of aromatic nitrogens is 2. The minimum absolute atomic E-state index is 0.113. The molecule has 5 N–H and O–H groups in total. The zero-order valence-corrected chi connectivity index (χ0v) is 52.9.